The number of aliphatic hydroxyl groups excluding tert-OH is 1. The van der Waals surface area contributed by atoms with Gasteiger partial charge in [-0.25, -0.2) is 0 Å². The van der Waals surface area contributed by atoms with E-state index < -0.39 is 0 Å². The van der Waals surface area contributed by atoms with E-state index in [1.807, 2.05) is 19.2 Å². The molecule has 1 heterocycles. The predicted octanol–water partition coefficient (Wildman–Crippen LogP) is 1.49. The van der Waals surface area contributed by atoms with Crippen LogP contribution in [0, 0.1) is 18.8 Å². The molecule has 2 N–H and O–H groups in total. The van der Waals surface area contributed by atoms with Gasteiger partial charge in [-0.05, 0) is 24.8 Å². The van der Waals surface area contributed by atoms with Crippen molar-refractivity contribution in [1.29, 1.82) is 0 Å². The van der Waals surface area contributed by atoms with Gasteiger partial charge in [0, 0.05) is 12.3 Å². The average Bonchev–Trinajstić information content (AvgIpc) is 2.68. The number of hydrogen-bond acceptors (Lipinski definition) is 4. The standard InChI is InChI=1S/C12H15NO2S2/c1-9-8-11(12(15)13-5-7-16-2)17-10(9)4-3-6-14/h8,14H,5-7H2,1-2H3,(H,13,15). The molecule has 1 aromatic heterocycles. The van der Waals surface area contributed by atoms with Crippen LogP contribution in [-0.4, -0.2) is 36.2 Å². The lowest BCUT2D eigenvalue weighted by Crippen LogP contribution is -2.24. The third-order valence-electron chi connectivity index (χ3n) is 2.01. The van der Waals surface area contributed by atoms with Crippen LogP contribution in [0.5, 0.6) is 0 Å². The molecule has 0 aliphatic heterocycles. The van der Waals surface area contributed by atoms with E-state index in [-0.39, 0.29) is 12.5 Å². The highest BCUT2D eigenvalue weighted by Gasteiger charge is 2.10. The van der Waals surface area contributed by atoms with Crippen LogP contribution >= 0.6 is 23.1 Å². The van der Waals surface area contributed by atoms with E-state index in [4.69, 9.17) is 5.11 Å². The Labute approximate surface area is 110 Å². The van der Waals surface area contributed by atoms with Crippen molar-refractivity contribution in [1.82, 2.24) is 5.32 Å². The Kier molecular flexibility index (Phi) is 6.12. The van der Waals surface area contributed by atoms with Crippen LogP contribution in [0.3, 0.4) is 0 Å². The molecule has 5 heteroatoms. The van der Waals surface area contributed by atoms with Gasteiger partial charge in [0.25, 0.3) is 5.91 Å². The molecule has 0 saturated carbocycles. The maximum absolute atomic E-state index is 11.8. The number of amides is 1. The molecule has 0 fully saturated rings. The quantitative estimate of drug-likeness (QED) is 0.643. The van der Waals surface area contributed by atoms with Crippen molar-refractivity contribution in [3.8, 4) is 11.8 Å². The minimum absolute atomic E-state index is 0.0517. The van der Waals surface area contributed by atoms with Crippen molar-refractivity contribution in [2.45, 2.75) is 6.92 Å². The van der Waals surface area contributed by atoms with Crippen LogP contribution in [-0.2, 0) is 0 Å². The first kappa shape index (κ1) is 14.1. The fourth-order valence-electron chi connectivity index (χ4n) is 1.19. The number of aliphatic hydroxyl groups is 1. The maximum atomic E-state index is 11.8. The molecule has 0 bridgehead atoms. The normalized spacial score (nSPS) is 9.59. The molecule has 1 aromatic rings. The van der Waals surface area contributed by atoms with Gasteiger partial charge in [-0.15, -0.1) is 11.3 Å². The molecule has 17 heavy (non-hydrogen) atoms. The second-order valence-electron chi connectivity index (χ2n) is 3.33. The summed E-state index contributed by atoms with van der Waals surface area (Å²) in [5.74, 6) is 6.29. The molecule has 1 amide bonds. The van der Waals surface area contributed by atoms with Crippen molar-refractivity contribution >= 4 is 29.0 Å². The summed E-state index contributed by atoms with van der Waals surface area (Å²) in [5, 5.41) is 11.5. The second kappa shape index (κ2) is 7.38. The molecule has 92 valence electrons. The number of carbonyl (C=O) groups excluding carboxylic acids is 1. The molecule has 0 unspecified atom stereocenters. The number of carbonyl (C=O) groups is 1. The van der Waals surface area contributed by atoms with E-state index in [0.29, 0.717) is 11.4 Å². The summed E-state index contributed by atoms with van der Waals surface area (Å²) in [7, 11) is 0. The number of thioether (sulfide) groups is 1. The monoisotopic (exact) mass is 269 g/mol. The van der Waals surface area contributed by atoms with Crippen molar-refractivity contribution in [3.05, 3.63) is 21.4 Å². The summed E-state index contributed by atoms with van der Waals surface area (Å²) < 4.78 is 0. The summed E-state index contributed by atoms with van der Waals surface area (Å²) in [5.41, 5.74) is 0.978. The first-order valence-electron chi connectivity index (χ1n) is 5.16. The minimum atomic E-state index is -0.160. The zero-order chi connectivity index (χ0) is 12.7. The van der Waals surface area contributed by atoms with Gasteiger partial charge in [-0.1, -0.05) is 11.8 Å². The average molecular weight is 269 g/mol. The molecule has 0 spiro atoms. The van der Waals surface area contributed by atoms with Crippen molar-refractivity contribution in [3.63, 3.8) is 0 Å². The summed E-state index contributed by atoms with van der Waals surface area (Å²) in [6.07, 6.45) is 2.00. The van der Waals surface area contributed by atoms with Crippen LogP contribution in [0.15, 0.2) is 6.07 Å². The SMILES string of the molecule is CSCCNC(=O)c1cc(C)c(C#CCO)s1. The Morgan fingerprint density at radius 3 is 3.06 bits per heavy atom. The molecule has 0 radical (unpaired) electrons. The number of thiophene rings is 1. The molecule has 0 atom stereocenters. The van der Waals surface area contributed by atoms with Gasteiger partial charge in [-0.2, -0.15) is 11.8 Å². The molecule has 0 aliphatic carbocycles. The zero-order valence-electron chi connectivity index (χ0n) is 9.87. The topological polar surface area (TPSA) is 49.3 Å². The Hall–Kier alpha value is -0.960. The molecular weight excluding hydrogens is 254 g/mol. The molecule has 0 aliphatic rings. The van der Waals surface area contributed by atoms with E-state index in [1.54, 1.807) is 11.8 Å². The van der Waals surface area contributed by atoms with Gasteiger partial charge in [0.15, 0.2) is 0 Å². The first-order valence-corrected chi connectivity index (χ1v) is 7.37. The highest BCUT2D eigenvalue weighted by atomic mass is 32.2. The molecule has 0 aromatic carbocycles. The third kappa shape index (κ3) is 4.43. The first-order chi connectivity index (χ1) is 8.19. The summed E-state index contributed by atoms with van der Waals surface area (Å²) in [6.45, 7) is 2.43. The van der Waals surface area contributed by atoms with Gasteiger partial charge in [0.1, 0.15) is 6.61 Å². The van der Waals surface area contributed by atoms with E-state index in [9.17, 15) is 4.79 Å². The van der Waals surface area contributed by atoms with Crippen LogP contribution in [0.1, 0.15) is 20.1 Å². The second-order valence-corrected chi connectivity index (χ2v) is 5.37. The Morgan fingerprint density at radius 2 is 2.41 bits per heavy atom. The number of nitrogens with one attached hydrogen (secondary N) is 1. The fourth-order valence-corrected chi connectivity index (χ4v) is 2.46. The van der Waals surface area contributed by atoms with Crippen molar-refractivity contribution < 1.29 is 9.90 Å². The van der Waals surface area contributed by atoms with Crippen LogP contribution in [0.2, 0.25) is 0 Å². The Bertz CT molecular complexity index is 443. The van der Waals surface area contributed by atoms with E-state index in [2.05, 4.69) is 17.2 Å². The number of rotatable bonds is 4. The van der Waals surface area contributed by atoms with E-state index >= 15 is 0 Å². The lowest BCUT2D eigenvalue weighted by molar-refractivity contribution is 0.0960. The van der Waals surface area contributed by atoms with Crippen LogP contribution < -0.4 is 5.32 Å². The summed E-state index contributed by atoms with van der Waals surface area (Å²) >= 11 is 3.06. The van der Waals surface area contributed by atoms with Gasteiger partial charge >= 0.3 is 0 Å². The van der Waals surface area contributed by atoms with Crippen LogP contribution in [0.4, 0.5) is 0 Å². The fraction of sp³-hybridized carbons (Fsp3) is 0.417. The van der Waals surface area contributed by atoms with Gasteiger partial charge in [0.05, 0.1) is 9.75 Å². The summed E-state index contributed by atoms with van der Waals surface area (Å²) in [4.78, 5) is 13.3. The third-order valence-corrected chi connectivity index (χ3v) is 3.78. The van der Waals surface area contributed by atoms with Gasteiger partial charge in [0.2, 0.25) is 0 Å². The number of aryl methyl sites for hydroxylation is 1. The summed E-state index contributed by atoms with van der Waals surface area (Å²) in [6, 6.07) is 1.83. The van der Waals surface area contributed by atoms with Crippen molar-refractivity contribution in [2.24, 2.45) is 0 Å². The molecule has 3 nitrogen and oxygen atoms in total. The predicted molar refractivity (Wildman–Crippen MR) is 73.7 cm³/mol. The Morgan fingerprint density at radius 1 is 1.65 bits per heavy atom. The van der Waals surface area contributed by atoms with Gasteiger partial charge < -0.3 is 10.4 Å². The highest BCUT2D eigenvalue weighted by Crippen LogP contribution is 2.20. The molecular formula is C12H15NO2S2. The largest absolute Gasteiger partial charge is 0.384 e. The maximum Gasteiger partial charge on any atom is 0.261 e. The minimum Gasteiger partial charge on any atom is -0.384 e. The lowest BCUT2D eigenvalue weighted by Gasteiger charge is -2.00. The van der Waals surface area contributed by atoms with Gasteiger partial charge in [-0.3, -0.25) is 4.79 Å². The molecule has 0 saturated heterocycles. The van der Waals surface area contributed by atoms with Crippen molar-refractivity contribution in [2.75, 3.05) is 25.2 Å². The van der Waals surface area contributed by atoms with E-state index in [1.165, 1.54) is 11.3 Å². The smallest absolute Gasteiger partial charge is 0.261 e. The van der Waals surface area contributed by atoms with E-state index in [0.717, 1.165) is 16.2 Å². The zero-order valence-corrected chi connectivity index (χ0v) is 11.5. The molecule has 1 rings (SSSR count). The highest BCUT2D eigenvalue weighted by molar-refractivity contribution is 7.98. The number of hydrogen-bond donors (Lipinski definition) is 2. The Balaban J connectivity index is 2.68. The van der Waals surface area contributed by atoms with Crippen LogP contribution in [0.25, 0.3) is 0 Å². The lowest BCUT2D eigenvalue weighted by atomic mass is 10.2.